The van der Waals surface area contributed by atoms with Gasteiger partial charge >= 0.3 is 0 Å². The summed E-state index contributed by atoms with van der Waals surface area (Å²) in [5, 5.41) is 1.24. The third kappa shape index (κ3) is 3.23. The lowest BCUT2D eigenvalue weighted by Gasteiger charge is -2.07. The van der Waals surface area contributed by atoms with Gasteiger partial charge in [-0.3, -0.25) is 4.98 Å². The number of hydrogen-bond donors (Lipinski definition) is 0. The monoisotopic (exact) mass is 446 g/mol. The second-order valence-corrected chi connectivity index (χ2v) is 8.88. The SMILES string of the molecule is c1ccc(-c2ccc(-c3ccc(-c4c5ccccc5n5c4cnc4ccccc45)cc3)cc2)cc1. The van der Waals surface area contributed by atoms with Gasteiger partial charge < -0.3 is 4.40 Å². The molecule has 164 valence electrons. The molecule has 0 atom stereocenters. The normalized spacial score (nSPS) is 11.4. The Kier molecular flexibility index (Phi) is 4.49. The van der Waals surface area contributed by atoms with Crippen LogP contribution in [0.2, 0.25) is 0 Å². The van der Waals surface area contributed by atoms with E-state index in [-0.39, 0.29) is 0 Å². The Morgan fingerprint density at radius 1 is 0.400 bits per heavy atom. The fourth-order valence-corrected chi connectivity index (χ4v) is 5.15. The Hall–Kier alpha value is -4.69. The number of aromatic nitrogens is 2. The zero-order valence-electron chi connectivity index (χ0n) is 19.1. The quantitative estimate of drug-likeness (QED) is 0.265. The van der Waals surface area contributed by atoms with E-state index < -0.39 is 0 Å². The van der Waals surface area contributed by atoms with Crippen molar-refractivity contribution in [3.05, 3.63) is 134 Å². The molecule has 0 saturated heterocycles. The third-order valence-corrected chi connectivity index (χ3v) is 6.86. The second kappa shape index (κ2) is 7.96. The second-order valence-electron chi connectivity index (χ2n) is 8.88. The molecule has 2 heterocycles. The highest BCUT2D eigenvalue weighted by molar-refractivity contribution is 6.07. The van der Waals surface area contributed by atoms with Crippen molar-refractivity contribution in [3.63, 3.8) is 0 Å². The first kappa shape index (κ1) is 19.7. The number of rotatable bonds is 3. The molecule has 0 fully saturated rings. The van der Waals surface area contributed by atoms with Gasteiger partial charge in [0.15, 0.2) is 0 Å². The van der Waals surface area contributed by atoms with Crippen LogP contribution in [0.3, 0.4) is 0 Å². The van der Waals surface area contributed by atoms with Gasteiger partial charge in [-0.25, -0.2) is 0 Å². The standard InChI is InChI=1S/C33H22N2/c1-2-8-23(9-3-1)24-14-16-25(17-15-24)26-18-20-27(21-19-26)33-28-10-4-6-12-30(28)35-31-13-7-5-11-29(31)34-22-32(33)35/h1-22H. The van der Waals surface area contributed by atoms with Crippen LogP contribution >= 0.6 is 0 Å². The van der Waals surface area contributed by atoms with Gasteiger partial charge in [0, 0.05) is 10.9 Å². The Balaban J connectivity index is 1.33. The summed E-state index contributed by atoms with van der Waals surface area (Å²) in [5.41, 5.74) is 11.8. The van der Waals surface area contributed by atoms with Gasteiger partial charge in [0.25, 0.3) is 0 Å². The van der Waals surface area contributed by atoms with E-state index in [2.05, 4.69) is 126 Å². The highest BCUT2D eigenvalue weighted by Crippen LogP contribution is 2.37. The maximum Gasteiger partial charge on any atom is 0.0871 e. The Morgan fingerprint density at radius 2 is 0.914 bits per heavy atom. The molecule has 0 N–H and O–H groups in total. The van der Waals surface area contributed by atoms with E-state index in [0.29, 0.717) is 0 Å². The summed E-state index contributed by atoms with van der Waals surface area (Å²) in [7, 11) is 0. The summed E-state index contributed by atoms with van der Waals surface area (Å²) in [6.07, 6.45) is 2.01. The van der Waals surface area contributed by atoms with Crippen molar-refractivity contribution in [1.82, 2.24) is 9.38 Å². The third-order valence-electron chi connectivity index (χ3n) is 6.86. The van der Waals surface area contributed by atoms with Gasteiger partial charge in [-0.1, -0.05) is 109 Å². The van der Waals surface area contributed by atoms with Crippen molar-refractivity contribution in [2.24, 2.45) is 0 Å². The van der Waals surface area contributed by atoms with Gasteiger partial charge in [0.1, 0.15) is 0 Å². The molecular weight excluding hydrogens is 424 g/mol. The number of nitrogens with zero attached hydrogens (tertiary/aromatic N) is 2. The van der Waals surface area contributed by atoms with E-state index in [1.54, 1.807) is 0 Å². The first-order valence-corrected chi connectivity index (χ1v) is 11.9. The van der Waals surface area contributed by atoms with Gasteiger partial charge in [-0.15, -0.1) is 0 Å². The molecule has 2 nitrogen and oxygen atoms in total. The molecule has 0 saturated carbocycles. The first-order valence-electron chi connectivity index (χ1n) is 11.9. The zero-order chi connectivity index (χ0) is 23.2. The van der Waals surface area contributed by atoms with Crippen molar-refractivity contribution in [2.75, 3.05) is 0 Å². The highest BCUT2D eigenvalue weighted by Gasteiger charge is 2.15. The number of para-hydroxylation sites is 3. The molecule has 7 aromatic rings. The molecule has 2 aromatic heterocycles. The van der Waals surface area contributed by atoms with Gasteiger partial charge in [-0.2, -0.15) is 0 Å². The minimum Gasteiger partial charge on any atom is -0.306 e. The van der Waals surface area contributed by atoms with Crippen LogP contribution in [0, 0.1) is 0 Å². The molecule has 2 heteroatoms. The Morgan fingerprint density at radius 3 is 1.60 bits per heavy atom. The predicted molar refractivity (Wildman–Crippen MR) is 147 cm³/mol. The summed E-state index contributed by atoms with van der Waals surface area (Å²) in [5.74, 6) is 0. The molecule has 0 unspecified atom stereocenters. The van der Waals surface area contributed by atoms with Crippen LogP contribution in [-0.2, 0) is 0 Å². The number of fused-ring (bicyclic) bond motifs is 5. The number of hydrogen-bond acceptors (Lipinski definition) is 1. The smallest absolute Gasteiger partial charge is 0.0871 e. The van der Waals surface area contributed by atoms with Crippen LogP contribution in [0.5, 0.6) is 0 Å². The van der Waals surface area contributed by atoms with Crippen molar-refractivity contribution >= 4 is 27.5 Å². The summed E-state index contributed by atoms with van der Waals surface area (Å²) in [6, 6.07) is 45.2. The van der Waals surface area contributed by atoms with Crippen molar-refractivity contribution in [3.8, 4) is 33.4 Å². The summed E-state index contributed by atoms with van der Waals surface area (Å²) in [4.78, 5) is 4.77. The van der Waals surface area contributed by atoms with Crippen LogP contribution in [0.1, 0.15) is 0 Å². The molecule has 35 heavy (non-hydrogen) atoms. The van der Waals surface area contributed by atoms with Crippen molar-refractivity contribution in [1.29, 1.82) is 0 Å². The molecule has 0 aliphatic rings. The fourth-order valence-electron chi connectivity index (χ4n) is 5.15. The van der Waals surface area contributed by atoms with E-state index in [9.17, 15) is 0 Å². The molecule has 7 rings (SSSR count). The summed E-state index contributed by atoms with van der Waals surface area (Å²) < 4.78 is 2.34. The van der Waals surface area contributed by atoms with Crippen LogP contribution in [-0.4, -0.2) is 9.38 Å². The minimum atomic E-state index is 1.00. The first-order chi connectivity index (χ1) is 17.4. The van der Waals surface area contributed by atoms with Crippen LogP contribution in [0.25, 0.3) is 60.8 Å². The average Bonchev–Trinajstić information content (AvgIpc) is 3.29. The van der Waals surface area contributed by atoms with Crippen LogP contribution < -0.4 is 0 Å². The van der Waals surface area contributed by atoms with E-state index in [1.165, 1.54) is 44.3 Å². The van der Waals surface area contributed by atoms with E-state index >= 15 is 0 Å². The van der Waals surface area contributed by atoms with Gasteiger partial charge in [0.2, 0.25) is 0 Å². The summed E-state index contributed by atoms with van der Waals surface area (Å²) >= 11 is 0. The topological polar surface area (TPSA) is 17.3 Å². The van der Waals surface area contributed by atoms with Gasteiger partial charge in [0.05, 0.1) is 28.3 Å². The molecule has 0 spiro atoms. The Labute approximate surface area is 203 Å². The van der Waals surface area contributed by atoms with Crippen LogP contribution in [0.4, 0.5) is 0 Å². The van der Waals surface area contributed by atoms with Gasteiger partial charge in [-0.05, 0) is 46.0 Å². The fraction of sp³-hybridized carbons (Fsp3) is 0. The van der Waals surface area contributed by atoms with E-state index in [4.69, 9.17) is 4.98 Å². The molecule has 0 radical (unpaired) electrons. The highest BCUT2D eigenvalue weighted by atomic mass is 14.9. The lowest BCUT2D eigenvalue weighted by atomic mass is 9.97. The zero-order valence-corrected chi connectivity index (χ0v) is 19.1. The minimum absolute atomic E-state index is 1.00. The largest absolute Gasteiger partial charge is 0.306 e. The molecule has 5 aromatic carbocycles. The average molecular weight is 447 g/mol. The van der Waals surface area contributed by atoms with Crippen LogP contribution in [0.15, 0.2) is 134 Å². The Bertz CT molecular complexity index is 1810. The molecule has 0 amide bonds. The van der Waals surface area contributed by atoms with E-state index in [0.717, 1.165) is 16.6 Å². The van der Waals surface area contributed by atoms with Crippen molar-refractivity contribution < 1.29 is 0 Å². The van der Waals surface area contributed by atoms with Crippen molar-refractivity contribution in [2.45, 2.75) is 0 Å². The maximum atomic E-state index is 4.77. The number of benzene rings is 5. The predicted octanol–water partition coefficient (Wildman–Crippen LogP) is 8.64. The molecule has 0 aliphatic heterocycles. The molecular formula is C33H22N2. The summed E-state index contributed by atoms with van der Waals surface area (Å²) in [6.45, 7) is 0. The van der Waals surface area contributed by atoms with E-state index in [1.807, 2.05) is 12.3 Å². The lowest BCUT2D eigenvalue weighted by Crippen LogP contribution is -1.90. The maximum absolute atomic E-state index is 4.77. The molecule has 0 aliphatic carbocycles. The lowest BCUT2D eigenvalue weighted by molar-refractivity contribution is 1.27. The molecule has 0 bridgehead atoms.